The fourth-order valence-electron chi connectivity index (χ4n) is 5.33. The van der Waals surface area contributed by atoms with E-state index in [1.54, 1.807) is 24.1 Å². The quantitative estimate of drug-likeness (QED) is 0.389. The van der Waals surface area contributed by atoms with Crippen LogP contribution in [0.25, 0.3) is 22.3 Å². The van der Waals surface area contributed by atoms with E-state index in [-0.39, 0.29) is 12.1 Å². The molecule has 2 aliphatic rings. The Morgan fingerprint density at radius 3 is 2.71 bits per heavy atom. The molecule has 2 fully saturated rings. The predicted octanol–water partition coefficient (Wildman–Crippen LogP) is 2.47. The van der Waals surface area contributed by atoms with Gasteiger partial charge in [-0.05, 0) is 35.6 Å². The maximum Gasteiger partial charge on any atom is 0.280 e. The summed E-state index contributed by atoms with van der Waals surface area (Å²) in [6.45, 7) is 2.13. The summed E-state index contributed by atoms with van der Waals surface area (Å²) in [5, 5.41) is 4.24. The second-order valence-corrected chi connectivity index (χ2v) is 9.30. The summed E-state index contributed by atoms with van der Waals surface area (Å²) in [5.41, 5.74) is 4.22. The second-order valence-electron chi connectivity index (χ2n) is 9.30. The summed E-state index contributed by atoms with van der Waals surface area (Å²) in [4.78, 5) is 32.4. The van der Waals surface area contributed by atoms with Crippen molar-refractivity contribution < 1.29 is 4.52 Å². The molecule has 1 aliphatic heterocycles. The molecule has 0 radical (unpaired) electrons. The average Bonchev–Trinajstić information content (AvgIpc) is 3.30. The van der Waals surface area contributed by atoms with Crippen LogP contribution < -0.4 is 10.5 Å². The first kappa shape index (κ1) is 20.1. The van der Waals surface area contributed by atoms with Gasteiger partial charge in [-0.3, -0.25) is 14.3 Å². The van der Waals surface area contributed by atoms with Crippen LogP contribution in [-0.4, -0.2) is 47.3 Å². The number of pyridine rings is 1. The van der Waals surface area contributed by atoms with Crippen molar-refractivity contribution in [1.82, 2.24) is 34.2 Å². The largest absolute Gasteiger partial charge is 0.371 e. The molecule has 4 aromatic heterocycles. The smallest absolute Gasteiger partial charge is 0.280 e. The van der Waals surface area contributed by atoms with Crippen molar-refractivity contribution in [2.24, 2.45) is 18.9 Å². The maximum absolute atomic E-state index is 12.8. The summed E-state index contributed by atoms with van der Waals surface area (Å²) < 4.78 is 8.65. The number of hydrogen-bond donors (Lipinski definition) is 0. The van der Waals surface area contributed by atoms with Crippen LogP contribution >= 0.6 is 0 Å². The third-order valence-electron chi connectivity index (χ3n) is 7.19. The van der Waals surface area contributed by atoms with Gasteiger partial charge in [0.1, 0.15) is 12.9 Å². The Kier molecular flexibility index (Phi) is 4.35. The molecule has 174 valence electrons. The molecule has 0 bridgehead atoms. The van der Waals surface area contributed by atoms with Gasteiger partial charge in [0.25, 0.3) is 5.56 Å². The number of hydrogen-bond acceptors (Lipinski definition) is 8. The van der Waals surface area contributed by atoms with Crippen LogP contribution in [0.15, 0.2) is 70.8 Å². The van der Waals surface area contributed by atoms with Crippen LogP contribution in [0.3, 0.4) is 0 Å². The van der Waals surface area contributed by atoms with Crippen molar-refractivity contribution in [3.63, 3.8) is 0 Å². The monoisotopic (exact) mass is 466 g/mol. The van der Waals surface area contributed by atoms with E-state index in [1.807, 2.05) is 12.3 Å². The lowest BCUT2D eigenvalue weighted by Gasteiger charge is -2.22. The van der Waals surface area contributed by atoms with Crippen molar-refractivity contribution >= 4 is 16.9 Å². The van der Waals surface area contributed by atoms with Crippen molar-refractivity contribution in [1.29, 1.82) is 0 Å². The average molecular weight is 467 g/mol. The van der Waals surface area contributed by atoms with Gasteiger partial charge in [-0.15, -0.1) is 0 Å². The fraction of sp³-hybridized carbons (Fsp3) is 0.280. The van der Waals surface area contributed by atoms with Gasteiger partial charge in [-0.2, -0.15) is 4.98 Å². The molecule has 0 N–H and O–H groups in total. The SMILES string of the molecule is Cn1cnc2ncn(Cc3nc([C@@H]4[C@@H]5CN(c6cccc(-c7cccnc7)c6)C[C@@H]54)no3)c(=O)c21. The first-order valence-electron chi connectivity index (χ1n) is 11.6. The minimum atomic E-state index is -0.179. The highest BCUT2D eigenvalue weighted by Crippen LogP contribution is 2.58. The topological polar surface area (TPSA) is 108 Å². The Hall–Kier alpha value is -4.34. The van der Waals surface area contributed by atoms with Gasteiger partial charge in [0, 0.05) is 49.7 Å². The van der Waals surface area contributed by atoms with Crippen LogP contribution in [0, 0.1) is 11.8 Å². The van der Waals surface area contributed by atoms with Gasteiger partial charge in [-0.25, -0.2) is 9.97 Å². The van der Waals surface area contributed by atoms with Crippen LogP contribution in [0.4, 0.5) is 5.69 Å². The van der Waals surface area contributed by atoms with E-state index in [0.717, 1.165) is 24.5 Å². The normalized spacial score (nSPS) is 20.9. The van der Waals surface area contributed by atoms with Crippen molar-refractivity contribution in [3.8, 4) is 11.1 Å². The number of imidazole rings is 1. The number of piperidine rings is 1. The van der Waals surface area contributed by atoms with Crippen molar-refractivity contribution in [3.05, 3.63) is 83.5 Å². The molecule has 10 heteroatoms. The van der Waals surface area contributed by atoms with E-state index in [2.05, 4.69) is 60.3 Å². The third-order valence-corrected chi connectivity index (χ3v) is 7.19. The molecule has 5 heterocycles. The van der Waals surface area contributed by atoms with E-state index in [9.17, 15) is 4.79 Å². The molecular weight excluding hydrogens is 444 g/mol. The maximum atomic E-state index is 12.8. The number of fused-ring (bicyclic) bond motifs is 2. The summed E-state index contributed by atoms with van der Waals surface area (Å²) >= 11 is 0. The van der Waals surface area contributed by atoms with Crippen LogP contribution in [0.5, 0.6) is 0 Å². The number of benzene rings is 1. The van der Waals surface area contributed by atoms with E-state index < -0.39 is 0 Å². The standard InChI is InChI=1S/C25H22N8O2/c1-31-13-27-24-22(31)25(34)33(14-28-24)12-20-29-23(30-35-20)21-18-10-32(11-19(18)21)17-6-2-4-15(8-17)16-5-3-7-26-9-16/h2-9,13-14,18-19,21H,10-12H2,1H3/t18-,19+,21-. The van der Waals surface area contributed by atoms with Crippen molar-refractivity contribution in [2.45, 2.75) is 12.5 Å². The predicted molar refractivity (Wildman–Crippen MR) is 128 cm³/mol. The number of aryl methyl sites for hydroxylation is 1. The van der Waals surface area contributed by atoms with E-state index in [1.165, 1.54) is 22.1 Å². The Balaban J connectivity index is 1.05. The molecule has 1 aromatic carbocycles. The zero-order chi connectivity index (χ0) is 23.5. The second kappa shape index (κ2) is 7.59. The van der Waals surface area contributed by atoms with Gasteiger partial charge < -0.3 is 14.0 Å². The molecule has 1 aliphatic carbocycles. The van der Waals surface area contributed by atoms with E-state index in [4.69, 9.17) is 4.52 Å². The summed E-state index contributed by atoms with van der Waals surface area (Å²) in [6, 6.07) is 12.7. The number of rotatable bonds is 5. The minimum absolute atomic E-state index is 0.179. The lowest BCUT2D eigenvalue weighted by Crippen LogP contribution is -2.24. The van der Waals surface area contributed by atoms with Gasteiger partial charge >= 0.3 is 0 Å². The lowest BCUT2D eigenvalue weighted by molar-refractivity contribution is 0.363. The number of nitrogens with zero attached hydrogens (tertiary/aromatic N) is 8. The highest BCUT2D eigenvalue weighted by molar-refractivity contribution is 5.69. The third kappa shape index (κ3) is 3.32. The van der Waals surface area contributed by atoms with Crippen molar-refractivity contribution in [2.75, 3.05) is 18.0 Å². The lowest BCUT2D eigenvalue weighted by atomic mass is 10.1. The van der Waals surface area contributed by atoms with Crippen LogP contribution in [-0.2, 0) is 13.6 Å². The van der Waals surface area contributed by atoms with Gasteiger partial charge in [0.05, 0.1) is 6.33 Å². The highest BCUT2D eigenvalue weighted by atomic mass is 16.5. The molecule has 35 heavy (non-hydrogen) atoms. The molecule has 10 nitrogen and oxygen atoms in total. The first-order chi connectivity index (χ1) is 17.2. The van der Waals surface area contributed by atoms with Gasteiger partial charge in [0.2, 0.25) is 5.89 Å². The molecule has 7 rings (SSSR count). The number of anilines is 1. The Morgan fingerprint density at radius 1 is 1.06 bits per heavy atom. The van der Waals surface area contributed by atoms with Gasteiger partial charge in [-0.1, -0.05) is 23.4 Å². The zero-order valence-electron chi connectivity index (χ0n) is 19.0. The Morgan fingerprint density at radius 2 is 1.89 bits per heavy atom. The molecule has 0 unspecified atom stereocenters. The fourth-order valence-corrected chi connectivity index (χ4v) is 5.33. The Labute approximate surface area is 199 Å². The molecular formula is C25H22N8O2. The number of aromatic nitrogens is 7. The Bertz CT molecular complexity index is 1590. The van der Waals surface area contributed by atoms with Crippen LogP contribution in [0.2, 0.25) is 0 Å². The summed E-state index contributed by atoms with van der Waals surface area (Å²) in [6.07, 6.45) is 6.74. The van der Waals surface area contributed by atoms with E-state index >= 15 is 0 Å². The molecule has 1 saturated carbocycles. The molecule has 3 atom stereocenters. The zero-order valence-corrected chi connectivity index (χ0v) is 19.0. The summed E-state index contributed by atoms with van der Waals surface area (Å²) in [5.74, 6) is 2.48. The molecule has 1 saturated heterocycles. The molecule has 0 spiro atoms. The summed E-state index contributed by atoms with van der Waals surface area (Å²) in [7, 11) is 1.78. The highest BCUT2D eigenvalue weighted by Gasteiger charge is 2.58. The minimum Gasteiger partial charge on any atom is -0.371 e. The molecule has 5 aromatic rings. The van der Waals surface area contributed by atoms with Crippen LogP contribution in [0.1, 0.15) is 17.6 Å². The van der Waals surface area contributed by atoms with E-state index in [0.29, 0.717) is 34.8 Å². The molecule has 0 amide bonds. The first-order valence-corrected chi connectivity index (χ1v) is 11.6. The van der Waals surface area contributed by atoms with Gasteiger partial charge in [0.15, 0.2) is 17.0 Å².